The van der Waals surface area contributed by atoms with Crippen molar-refractivity contribution in [2.45, 2.75) is 22.1 Å². The topological polar surface area (TPSA) is 42.3 Å². The van der Waals surface area contributed by atoms with Crippen molar-refractivity contribution in [2.75, 3.05) is 14.1 Å². The lowest BCUT2D eigenvalue weighted by Crippen LogP contribution is -2.20. The molecule has 1 heterocycles. The third kappa shape index (κ3) is 3.69. The van der Waals surface area contributed by atoms with Gasteiger partial charge in [-0.15, -0.1) is 11.8 Å². The molecule has 26 heavy (non-hydrogen) atoms. The van der Waals surface area contributed by atoms with Crippen molar-refractivity contribution in [2.24, 2.45) is 0 Å². The fourth-order valence-electron chi connectivity index (χ4n) is 2.45. The standard InChI is InChI=1S/C18H18BrFN2O2S2/c1-12(21(2)3)25-18-11-22(17-9-4-13(19)10-16(17)18)26(23,24)15-7-5-14(20)6-8-15/h4-12H,1-3H3. The monoisotopic (exact) mass is 456 g/mol. The summed E-state index contributed by atoms with van der Waals surface area (Å²) in [6.07, 6.45) is 1.64. The van der Waals surface area contributed by atoms with Gasteiger partial charge in [0.2, 0.25) is 0 Å². The quantitative estimate of drug-likeness (QED) is 0.409. The van der Waals surface area contributed by atoms with E-state index in [0.717, 1.165) is 26.9 Å². The average Bonchev–Trinajstić information content (AvgIpc) is 2.93. The summed E-state index contributed by atoms with van der Waals surface area (Å²) in [7, 11) is 0.126. The highest BCUT2D eigenvalue weighted by Crippen LogP contribution is 2.36. The van der Waals surface area contributed by atoms with Crippen molar-refractivity contribution in [3.8, 4) is 0 Å². The highest BCUT2D eigenvalue weighted by atomic mass is 79.9. The minimum Gasteiger partial charge on any atom is -0.298 e. The molecular formula is C18H18BrFN2O2S2. The van der Waals surface area contributed by atoms with E-state index in [1.165, 1.54) is 16.1 Å². The lowest BCUT2D eigenvalue weighted by atomic mass is 10.2. The Labute approximate surface area is 165 Å². The molecule has 4 nitrogen and oxygen atoms in total. The summed E-state index contributed by atoms with van der Waals surface area (Å²) in [6.45, 7) is 2.06. The molecule has 1 aromatic heterocycles. The van der Waals surface area contributed by atoms with Crippen molar-refractivity contribution in [3.63, 3.8) is 0 Å². The molecule has 0 aliphatic rings. The van der Waals surface area contributed by atoms with E-state index in [2.05, 4.69) is 27.8 Å². The van der Waals surface area contributed by atoms with Gasteiger partial charge >= 0.3 is 0 Å². The Balaban J connectivity index is 2.18. The maximum Gasteiger partial charge on any atom is 0.268 e. The van der Waals surface area contributed by atoms with Crippen LogP contribution in [0.2, 0.25) is 0 Å². The second kappa shape index (κ2) is 7.34. The first-order valence-electron chi connectivity index (χ1n) is 7.85. The van der Waals surface area contributed by atoms with Gasteiger partial charge in [0.25, 0.3) is 10.0 Å². The zero-order chi connectivity index (χ0) is 19.1. The van der Waals surface area contributed by atoms with E-state index < -0.39 is 15.8 Å². The lowest BCUT2D eigenvalue weighted by molar-refractivity contribution is 0.402. The highest BCUT2D eigenvalue weighted by molar-refractivity contribution is 9.10. The normalized spacial score (nSPS) is 13.5. The number of hydrogen-bond donors (Lipinski definition) is 0. The van der Waals surface area contributed by atoms with E-state index in [-0.39, 0.29) is 10.3 Å². The molecular weight excluding hydrogens is 439 g/mol. The molecule has 0 fully saturated rings. The summed E-state index contributed by atoms with van der Waals surface area (Å²) in [5, 5.41) is 1.02. The van der Waals surface area contributed by atoms with E-state index in [9.17, 15) is 12.8 Å². The van der Waals surface area contributed by atoms with Crippen LogP contribution in [0.3, 0.4) is 0 Å². The first kappa shape index (κ1) is 19.4. The Morgan fingerprint density at radius 1 is 1.15 bits per heavy atom. The Kier molecular flexibility index (Phi) is 5.48. The van der Waals surface area contributed by atoms with Gasteiger partial charge in [0.1, 0.15) is 5.82 Å². The first-order chi connectivity index (χ1) is 12.2. The SMILES string of the molecule is CC(Sc1cn(S(=O)(=O)c2ccc(F)cc2)c2ccc(Br)cc12)N(C)C. The van der Waals surface area contributed by atoms with Gasteiger partial charge in [-0.1, -0.05) is 15.9 Å². The summed E-state index contributed by atoms with van der Waals surface area (Å²) < 4.78 is 41.5. The largest absolute Gasteiger partial charge is 0.298 e. The summed E-state index contributed by atoms with van der Waals surface area (Å²) in [5.74, 6) is -0.471. The molecule has 1 atom stereocenters. The molecule has 0 spiro atoms. The van der Waals surface area contributed by atoms with Gasteiger partial charge in [-0.25, -0.2) is 16.8 Å². The summed E-state index contributed by atoms with van der Waals surface area (Å²) in [6, 6.07) is 10.4. The van der Waals surface area contributed by atoms with E-state index in [4.69, 9.17) is 0 Å². The molecule has 1 unspecified atom stereocenters. The molecule has 0 aliphatic heterocycles. The molecule has 0 saturated heterocycles. The van der Waals surface area contributed by atoms with E-state index >= 15 is 0 Å². The van der Waals surface area contributed by atoms with Crippen LogP contribution in [0.25, 0.3) is 10.9 Å². The summed E-state index contributed by atoms with van der Waals surface area (Å²) in [5.41, 5.74) is 0.589. The Morgan fingerprint density at radius 2 is 1.81 bits per heavy atom. The van der Waals surface area contributed by atoms with Crippen LogP contribution < -0.4 is 0 Å². The van der Waals surface area contributed by atoms with Crippen LogP contribution in [-0.2, 0) is 10.0 Å². The molecule has 3 aromatic rings. The van der Waals surface area contributed by atoms with Crippen molar-refractivity contribution in [3.05, 3.63) is 59.0 Å². The van der Waals surface area contributed by atoms with Crippen molar-refractivity contribution in [1.29, 1.82) is 0 Å². The molecule has 0 bridgehead atoms. The van der Waals surface area contributed by atoms with Gasteiger partial charge in [-0.3, -0.25) is 4.90 Å². The van der Waals surface area contributed by atoms with Gasteiger partial charge in [-0.2, -0.15) is 0 Å². The molecule has 3 rings (SSSR count). The minimum atomic E-state index is -3.82. The molecule has 0 amide bonds. The molecule has 8 heteroatoms. The maximum absolute atomic E-state index is 13.2. The smallest absolute Gasteiger partial charge is 0.268 e. The second-order valence-corrected chi connectivity index (χ2v) is 10.2. The number of halogens is 2. The predicted octanol–water partition coefficient (Wildman–Crippen LogP) is 4.78. The van der Waals surface area contributed by atoms with Crippen LogP contribution in [0.15, 0.2) is 62.9 Å². The minimum absolute atomic E-state index is 0.0518. The third-order valence-corrected chi connectivity index (χ3v) is 7.61. The van der Waals surface area contributed by atoms with Crippen LogP contribution in [0.5, 0.6) is 0 Å². The summed E-state index contributed by atoms with van der Waals surface area (Å²) in [4.78, 5) is 2.98. The van der Waals surface area contributed by atoms with E-state index in [1.807, 2.05) is 26.2 Å². The van der Waals surface area contributed by atoms with Crippen LogP contribution in [-0.4, -0.2) is 36.8 Å². The number of nitrogens with zero attached hydrogens (tertiary/aromatic N) is 2. The summed E-state index contributed by atoms with van der Waals surface area (Å²) >= 11 is 5.04. The number of rotatable bonds is 5. The van der Waals surface area contributed by atoms with Crippen molar-refractivity contribution in [1.82, 2.24) is 8.87 Å². The van der Waals surface area contributed by atoms with Crippen LogP contribution in [0.1, 0.15) is 6.92 Å². The van der Waals surface area contributed by atoms with Gasteiger partial charge < -0.3 is 0 Å². The Morgan fingerprint density at radius 3 is 2.42 bits per heavy atom. The zero-order valence-electron chi connectivity index (χ0n) is 14.5. The van der Waals surface area contributed by atoms with Crippen LogP contribution >= 0.6 is 27.7 Å². The number of hydrogen-bond acceptors (Lipinski definition) is 4. The maximum atomic E-state index is 13.2. The molecule has 0 aliphatic carbocycles. The van der Waals surface area contributed by atoms with Gasteiger partial charge in [0.15, 0.2) is 0 Å². The molecule has 0 radical (unpaired) electrons. The van der Waals surface area contributed by atoms with E-state index in [0.29, 0.717) is 5.52 Å². The number of aromatic nitrogens is 1. The molecule has 0 saturated carbocycles. The fraction of sp³-hybridized carbons (Fsp3) is 0.222. The Hall–Kier alpha value is -1.35. The van der Waals surface area contributed by atoms with Crippen molar-refractivity contribution < 1.29 is 12.8 Å². The molecule has 0 N–H and O–H groups in total. The first-order valence-corrected chi connectivity index (χ1v) is 11.0. The average molecular weight is 457 g/mol. The number of thioether (sulfide) groups is 1. The van der Waals surface area contributed by atoms with E-state index in [1.54, 1.807) is 24.0 Å². The Bertz CT molecular complexity index is 1050. The second-order valence-electron chi connectivity index (χ2n) is 6.09. The van der Waals surface area contributed by atoms with Gasteiger partial charge in [-0.05, 0) is 63.5 Å². The van der Waals surface area contributed by atoms with Crippen LogP contribution in [0, 0.1) is 5.82 Å². The number of fused-ring (bicyclic) bond motifs is 1. The van der Waals surface area contributed by atoms with Crippen LogP contribution in [0.4, 0.5) is 4.39 Å². The predicted molar refractivity (Wildman–Crippen MR) is 108 cm³/mol. The third-order valence-electron chi connectivity index (χ3n) is 4.09. The molecule has 2 aromatic carbocycles. The fourth-order valence-corrected chi connectivity index (χ4v) is 5.28. The lowest BCUT2D eigenvalue weighted by Gasteiger charge is -2.18. The van der Waals surface area contributed by atoms with Gasteiger partial charge in [0.05, 0.1) is 15.8 Å². The zero-order valence-corrected chi connectivity index (χ0v) is 17.7. The molecule has 138 valence electrons. The van der Waals surface area contributed by atoms with Crippen molar-refractivity contribution >= 4 is 48.6 Å². The van der Waals surface area contributed by atoms with Gasteiger partial charge in [0, 0.05) is 21.0 Å². The number of benzene rings is 2. The highest BCUT2D eigenvalue weighted by Gasteiger charge is 2.22.